The van der Waals surface area contributed by atoms with Crippen molar-refractivity contribution in [3.8, 4) is 0 Å². The summed E-state index contributed by atoms with van der Waals surface area (Å²) in [6.45, 7) is 1.21. The van der Waals surface area contributed by atoms with Gasteiger partial charge < -0.3 is 45.8 Å². The number of hydrogen-bond acceptors (Lipinski definition) is 9. The molecule has 4 saturated heterocycles. The van der Waals surface area contributed by atoms with Crippen molar-refractivity contribution in [1.82, 2.24) is 25.8 Å². The summed E-state index contributed by atoms with van der Waals surface area (Å²) >= 11 is 0. The van der Waals surface area contributed by atoms with Crippen LogP contribution in [0.15, 0.2) is 0 Å². The fraction of sp³-hybridized carbons (Fsp3) is 0.885. The number of aliphatic hydroxyl groups is 3. The van der Waals surface area contributed by atoms with Crippen molar-refractivity contribution in [2.24, 2.45) is 0 Å². The lowest BCUT2D eigenvalue weighted by Crippen LogP contribution is -2.66. The highest BCUT2D eigenvalue weighted by Gasteiger charge is 2.51. The normalized spacial score (nSPS) is 39.5. The number of halogens is 2. The van der Waals surface area contributed by atoms with Crippen LogP contribution in [0.4, 0.5) is 8.78 Å². The monoisotopic (exact) mass is 573 g/mol. The first-order valence-electron chi connectivity index (χ1n) is 14.3. The molecule has 226 valence electrons. The number of likely N-dealkylation sites (tertiary alicyclic amines) is 1. The Kier molecular flexibility index (Phi) is 8.39. The van der Waals surface area contributed by atoms with Gasteiger partial charge in [-0.15, -0.1) is 0 Å². The van der Waals surface area contributed by atoms with Gasteiger partial charge in [0, 0.05) is 51.1 Å². The van der Waals surface area contributed by atoms with Gasteiger partial charge in [-0.2, -0.15) is 0 Å². The molecular formula is C26H41F2N5O7. The van der Waals surface area contributed by atoms with Gasteiger partial charge >= 0.3 is 0 Å². The lowest BCUT2D eigenvalue weighted by atomic mass is 9.83. The van der Waals surface area contributed by atoms with E-state index in [9.17, 15) is 38.5 Å². The zero-order chi connectivity index (χ0) is 28.8. The molecule has 6 N–H and O–H groups in total. The molecule has 1 aliphatic carbocycles. The van der Waals surface area contributed by atoms with Crippen LogP contribution in [0.3, 0.4) is 0 Å². The Balaban J connectivity index is 1.42. The first-order valence-corrected chi connectivity index (χ1v) is 14.3. The largest absolute Gasteiger partial charge is 0.388 e. The van der Waals surface area contributed by atoms with Crippen molar-refractivity contribution in [1.29, 1.82) is 0 Å². The Morgan fingerprint density at radius 1 is 0.925 bits per heavy atom. The molecule has 5 aliphatic rings. The van der Waals surface area contributed by atoms with Crippen LogP contribution in [0.25, 0.3) is 0 Å². The minimum atomic E-state index is -2.69. The van der Waals surface area contributed by atoms with E-state index in [4.69, 9.17) is 4.74 Å². The summed E-state index contributed by atoms with van der Waals surface area (Å²) < 4.78 is 33.2. The average molecular weight is 574 g/mol. The summed E-state index contributed by atoms with van der Waals surface area (Å²) in [7, 11) is 1.94. The topological polar surface area (TPSA) is 164 Å². The van der Waals surface area contributed by atoms with E-state index >= 15 is 0 Å². The van der Waals surface area contributed by atoms with Gasteiger partial charge in [-0.3, -0.25) is 14.4 Å². The van der Waals surface area contributed by atoms with Gasteiger partial charge in [-0.05, 0) is 39.2 Å². The number of rotatable bonds is 2. The van der Waals surface area contributed by atoms with Crippen molar-refractivity contribution in [2.45, 2.75) is 111 Å². The molecule has 0 aromatic rings. The van der Waals surface area contributed by atoms with E-state index in [0.29, 0.717) is 32.4 Å². The third-order valence-electron chi connectivity index (χ3n) is 9.42. The minimum absolute atomic E-state index is 0.0733. The minimum Gasteiger partial charge on any atom is -0.388 e. The predicted molar refractivity (Wildman–Crippen MR) is 136 cm³/mol. The summed E-state index contributed by atoms with van der Waals surface area (Å²) in [6, 6.07) is -1.61. The summed E-state index contributed by atoms with van der Waals surface area (Å²) in [6.07, 6.45) is -6.33. The second-order valence-electron chi connectivity index (χ2n) is 12.3. The lowest BCUT2D eigenvalue weighted by Gasteiger charge is -2.44. The van der Waals surface area contributed by atoms with Crippen LogP contribution in [0.5, 0.6) is 0 Å². The van der Waals surface area contributed by atoms with Crippen LogP contribution in [0.1, 0.15) is 51.4 Å². The third-order valence-corrected chi connectivity index (χ3v) is 9.42. The summed E-state index contributed by atoms with van der Waals surface area (Å²) in [5.74, 6) is -4.21. The molecule has 0 aromatic carbocycles. The average Bonchev–Trinajstić information content (AvgIpc) is 3.33. The number of fused-ring (bicyclic) bond motifs is 3. The highest BCUT2D eigenvalue weighted by atomic mass is 19.3. The zero-order valence-corrected chi connectivity index (χ0v) is 22.7. The number of aliphatic hydroxyl groups excluding tert-OH is 3. The van der Waals surface area contributed by atoms with Gasteiger partial charge in [0.1, 0.15) is 30.5 Å². The Hall–Kier alpha value is -1.97. The van der Waals surface area contributed by atoms with Crippen LogP contribution in [-0.2, 0) is 19.1 Å². The maximum atomic E-state index is 13.8. The van der Waals surface area contributed by atoms with Crippen molar-refractivity contribution < 1.29 is 43.2 Å². The van der Waals surface area contributed by atoms with E-state index in [2.05, 4.69) is 20.9 Å². The number of piperidine rings is 1. The number of ether oxygens (including phenoxy) is 1. The lowest BCUT2D eigenvalue weighted by molar-refractivity contribution is -0.220. The molecule has 5 rings (SSSR count). The number of hydrogen-bond donors (Lipinski definition) is 6. The standard InChI is InChI=1S/C26H41F2N5O7/c1-32-10-7-25(8-11-32)12-17(34)33-9-4-15(30-14-2-5-26(27,28)6-3-14)18(33)23(38)29-13-16-19(35)20(36)21(37)22(40-16)24(39)31-25/h14-16,18-22,30,35-37H,2-13H2,1H3,(H,29,38)(H,31,39)/t15-,16+,18+,19+,20-,21-,22+/m1/s1. The number of alkyl halides is 2. The number of carbonyl (C=O) groups is 3. The van der Waals surface area contributed by atoms with E-state index in [1.165, 1.54) is 4.90 Å². The van der Waals surface area contributed by atoms with Gasteiger partial charge in [0.25, 0.3) is 5.91 Å². The highest BCUT2D eigenvalue weighted by Crippen LogP contribution is 2.35. The van der Waals surface area contributed by atoms with E-state index in [0.717, 1.165) is 0 Å². The Bertz CT molecular complexity index is 971. The molecule has 2 bridgehead atoms. The van der Waals surface area contributed by atoms with E-state index in [1.54, 1.807) is 0 Å². The number of nitrogens with one attached hydrogen (secondary N) is 3. The Morgan fingerprint density at radius 3 is 2.27 bits per heavy atom. The summed E-state index contributed by atoms with van der Waals surface area (Å²) in [5.41, 5.74) is -0.962. The predicted octanol–water partition coefficient (Wildman–Crippen LogP) is -1.93. The molecule has 14 heteroatoms. The smallest absolute Gasteiger partial charge is 0.252 e. The molecule has 1 saturated carbocycles. The van der Waals surface area contributed by atoms with Gasteiger partial charge in [0.2, 0.25) is 17.7 Å². The number of amides is 3. The molecule has 1 spiro atoms. The van der Waals surface area contributed by atoms with Crippen LogP contribution in [0.2, 0.25) is 0 Å². The molecule has 4 aliphatic heterocycles. The maximum absolute atomic E-state index is 13.8. The second kappa shape index (κ2) is 11.4. The highest BCUT2D eigenvalue weighted by molar-refractivity contribution is 5.90. The first kappa shape index (κ1) is 29.5. The zero-order valence-electron chi connectivity index (χ0n) is 22.7. The SMILES string of the molecule is CN1CCC2(CC1)CC(=O)N1CC[C@@H](NC3CCC(F)(F)CC3)[C@H]1C(=O)NC[C@@H]1O[C@H](C(=O)N2)[C@H](O)[C@H](O)[C@H]1O. The van der Waals surface area contributed by atoms with Crippen LogP contribution in [0, 0.1) is 0 Å². The van der Waals surface area contributed by atoms with Gasteiger partial charge in [-0.25, -0.2) is 8.78 Å². The van der Waals surface area contributed by atoms with Crippen molar-refractivity contribution >= 4 is 17.7 Å². The fourth-order valence-electron chi connectivity index (χ4n) is 6.84. The quantitative estimate of drug-likeness (QED) is 0.221. The molecule has 0 aromatic heterocycles. The molecule has 0 radical (unpaired) electrons. The van der Waals surface area contributed by atoms with Crippen LogP contribution < -0.4 is 16.0 Å². The number of nitrogens with zero attached hydrogens (tertiary/aromatic N) is 2. The fourth-order valence-corrected chi connectivity index (χ4v) is 6.84. The van der Waals surface area contributed by atoms with Gasteiger partial charge in [0.15, 0.2) is 6.10 Å². The van der Waals surface area contributed by atoms with Gasteiger partial charge in [-0.1, -0.05) is 0 Å². The molecular weight excluding hydrogens is 532 g/mol. The molecule has 4 heterocycles. The van der Waals surface area contributed by atoms with Crippen LogP contribution >= 0.6 is 0 Å². The molecule has 5 fully saturated rings. The third kappa shape index (κ3) is 5.97. The Labute approximate surface area is 231 Å². The summed E-state index contributed by atoms with van der Waals surface area (Å²) in [5, 5.41) is 40.6. The summed E-state index contributed by atoms with van der Waals surface area (Å²) in [4.78, 5) is 44.4. The first-order chi connectivity index (χ1) is 18.9. The van der Waals surface area contributed by atoms with Crippen molar-refractivity contribution in [3.63, 3.8) is 0 Å². The molecule has 40 heavy (non-hydrogen) atoms. The van der Waals surface area contributed by atoms with Gasteiger partial charge in [0.05, 0.1) is 12.0 Å². The molecule has 7 atom stereocenters. The number of carbonyl (C=O) groups excluding carboxylic acids is 3. The molecule has 0 unspecified atom stereocenters. The van der Waals surface area contributed by atoms with E-state index in [1.807, 2.05) is 7.05 Å². The second-order valence-corrected chi connectivity index (χ2v) is 12.3. The van der Waals surface area contributed by atoms with Crippen molar-refractivity contribution in [2.75, 3.05) is 33.2 Å². The van der Waals surface area contributed by atoms with E-state index in [-0.39, 0.29) is 57.1 Å². The van der Waals surface area contributed by atoms with Crippen LogP contribution in [-0.4, -0.2) is 136 Å². The van der Waals surface area contributed by atoms with E-state index < -0.39 is 65.9 Å². The maximum Gasteiger partial charge on any atom is 0.252 e. The Morgan fingerprint density at radius 2 is 1.60 bits per heavy atom. The molecule has 12 nitrogen and oxygen atoms in total. The molecule has 3 amide bonds. The van der Waals surface area contributed by atoms with Crippen molar-refractivity contribution in [3.05, 3.63) is 0 Å².